The minimum Gasteiger partial charge on any atom is -0.478 e. The fourth-order valence-corrected chi connectivity index (χ4v) is 3.37. The zero-order valence-corrected chi connectivity index (χ0v) is 11.2. The second kappa shape index (κ2) is 4.52. The molecule has 1 heterocycles. The Labute approximate surface area is 114 Å². The molecule has 1 aromatic heterocycles. The summed E-state index contributed by atoms with van der Waals surface area (Å²) in [5.74, 6) is -0.868. The highest BCUT2D eigenvalue weighted by Gasteiger charge is 2.18. The third kappa shape index (κ3) is 2.02. The maximum atomic E-state index is 11.5. The molecule has 0 spiro atoms. The molecule has 0 amide bonds. The average Bonchev–Trinajstić information content (AvgIpc) is 2.78. The summed E-state index contributed by atoms with van der Waals surface area (Å²) in [6, 6.07) is 15.6. The fraction of sp³-hybridized carbons (Fsp3) is 0.0625. The summed E-state index contributed by atoms with van der Waals surface area (Å²) in [5, 5.41) is 10.3. The molecule has 0 unspecified atom stereocenters. The zero-order chi connectivity index (χ0) is 13.4. The molecule has 0 aliphatic heterocycles. The van der Waals surface area contributed by atoms with Crippen molar-refractivity contribution in [1.29, 1.82) is 0 Å². The van der Waals surface area contributed by atoms with Gasteiger partial charge in [-0.15, -0.1) is 11.3 Å². The number of aryl methyl sites for hydroxylation is 1. The molecule has 1 N–H and O–H groups in total. The van der Waals surface area contributed by atoms with Crippen molar-refractivity contribution < 1.29 is 9.90 Å². The van der Waals surface area contributed by atoms with Gasteiger partial charge in [0.2, 0.25) is 0 Å². The van der Waals surface area contributed by atoms with Crippen molar-refractivity contribution in [2.75, 3.05) is 0 Å². The predicted molar refractivity (Wildman–Crippen MR) is 79.0 cm³/mol. The summed E-state index contributed by atoms with van der Waals surface area (Å²) >= 11 is 1.53. The first-order chi connectivity index (χ1) is 9.16. The van der Waals surface area contributed by atoms with Crippen LogP contribution >= 0.6 is 11.3 Å². The molecule has 3 heteroatoms. The summed E-state index contributed by atoms with van der Waals surface area (Å²) in [6.45, 7) is 2.02. The smallest absolute Gasteiger partial charge is 0.337 e. The van der Waals surface area contributed by atoms with Crippen LogP contribution in [0.25, 0.3) is 20.5 Å². The van der Waals surface area contributed by atoms with E-state index in [1.54, 1.807) is 0 Å². The Hall–Kier alpha value is -2.13. The lowest BCUT2D eigenvalue weighted by Gasteiger charge is -2.01. The number of carboxylic acid groups (broad SMARTS) is 1. The average molecular weight is 268 g/mol. The predicted octanol–water partition coefficient (Wildman–Crippen LogP) is 4.57. The monoisotopic (exact) mass is 268 g/mol. The number of hydrogen-bond donors (Lipinski definition) is 1. The number of carboxylic acids is 1. The van der Waals surface area contributed by atoms with Gasteiger partial charge in [0.05, 0.1) is 10.4 Å². The van der Waals surface area contributed by atoms with Crippen LogP contribution in [-0.2, 0) is 0 Å². The minimum atomic E-state index is -0.868. The number of carbonyl (C=O) groups is 1. The Morgan fingerprint density at radius 1 is 1.05 bits per heavy atom. The van der Waals surface area contributed by atoms with Gasteiger partial charge in [0.15, 0.2) is 0 Å². The van der Waals surface area contributed by atoms with Gasteiger partial charge in [-0.1, -0.05) is 48.0 Å². The van der Waals surface area contributed by atoms with Crippen molar-refractivity contribution in [1.82, 2.24) is 0 Å². The molecule has 2 aromatic carbocycles. The number of hydrogen-bond acceptors (Lipinski definition) is 2. The molecule has 3 aromatic rings. The van der Waals surface area contributed by atoms with E-state index in [9.17, 15) is 9.90 Å². The Balaban J connectivity index is 2.31. The molecule has 0 saturated heterocycles. The van der Waals surface area contributed by atoms with Crippen molar-refractivity contribution >= 4 is 27.4 Å². The van der Waals surface area contributed by atoms with E-state index < -0.39 is 5.97 Å². The van der Waals surface area contributed by atoms with Crippen LogP contribution in [0.15, 0.2) is 48.5 Å². The number of rotatable bonds is 2. The van der Waals surface area contributed by atoms with E-state index in [1.807, 2.05) is 55.5 Å². The van der Waals surface area contributed by atoms with Crippen LogP contribution in [0.3, 0.4) is 0 Å². The number of thiophene rings is 1. The molecule has 2 nitrogen and oxygen atoms in total. The molecular weight excluding hydrogens is 256 g/mol. The van der Waals surface area contributed by atoms with Gasteiger partial charge >= 0.3 is 5.97 Å². The van der Waals surface area contributed by atoms with Gasteiger partial charge in [0, 0.05) is 10.1 Å². The zero-order valence-electron chi connectivity index (χ0n) is 10.4. The Morgan fingerprint density at radius 3 is 2.42 bits per heavy atom. The standard InChI is InChI=1S/C16H12O2S/c1-10-6-8-11(9-7-10)15-14(16(17)18)12-4-2-3-5-13(12)19-15/h2-9H,1H3,(H,17,18). The van der Waals surface area contributed by atoms with Crippen LogP contribution < -0.4 is 0 Å². The second-order valence-electron chi connectivity index (χ2n) is 4.47. The largest absolute Gasteiger partial charge is 0.478 e. The summed E-state index contributed by atoms with van der Waals surface area (Å²) in [4.78, 5) is 12.4. The van der Waals surface area contributed by atoms with Gasteiger partial charge in [0.25, 0.3) is 0 Å². The first-order valence-corrected chi connectivity index (χ1v) is 6.80. The van der Waals surface area contributed by atoms with Crippen molar-refractivity contribution in [3.05, 3.63) is 59.7 Å². The summed E-state index contributed by atoms with van der Waals surface area (Å²) in [6.07, 6.45) is 0. The molecule has 0 aliphatic rings. The SMILES string of the molecule is Cc1ccc(-c2sc3ccccc3c2C(=O)O)cc1. The molecular formula is C16H12O2S. The highest BCUT2D eigenvalue weighted by atomic mass is 32.1. The lowest BCUT2D eigenvalue weighted by atomic mass is 10.1. The molecule has 0 aliphatic carbocycles. The van der Waals surface area contributed by atoms with Crippen LogP contribution in [0.4, 0.5) is 0 Å². The Kier molecular flexibility index (Phi) is 2.84. The highest BCUT2D eigenvalue weighted by molar-refractivity contribution is 7.22. The summed E-state index contributed by atoms with van der Waals surface area (Å²) in [5.41, 5.74) is 2.54. The maximum absolute atomic E-state index is 11.5. The molecule has 0 fully saturated rings. The van der Waals surface area contributed by atoms with Gasteiger partial charge in [-0.05, 0) is 18.6 Å². The molecule has 3 rings (SSSR count). The van der Waals surface area contributed by atoms with E-state index in [1.165, 1.54) is 16.9 Å². The minimum absolute atomic E-state index is 0.407. The summed E-state index contributed by atoms with van der Waals surface area (Å²) in [7, 11) is 0. The van der Waals surface area contributed by atoms with E-state index in [0.717, 1.165) is 20.5 Å². The van der Waals surface area contributed by atoms with Gasteiger partial charge in [-0.3, -0.25) is 0 Å². The van der Waals surface area contributed by atoms with E-state index in [0.29, 0.717) is 5.56 Å². The molecule has 19 heavy (non-hydrogen) atoms. The molecule has 0 atom stereocenters. The number of fused-ring (bicyclic) bond motifs is 1. The number of aromatic carboxylic acids is 1. The van der Waals surface area contributed by atoms with Crippen LogP contribution in [0.2, 0.25) is 0 Å². The van der Waals surface area contributed by atoms with E-state index >= 15 is 0 Å². The Bertz CT molecular complexity index is 754. The Morgan fingerprint density at radius 2 is 1.74 bits per heavy atom. The fourth-order valence-electron chi connectivity index (χ4n) is 2.17. The van der Waals surface area contributed by atoms with Crippen molar-refractivity contribution in [2.24, 2.45) is 0 Å². The van der Waals surface area contributed by atoms with Gasteiger partial charge in [-0.25, -0.2) is 4.79 Å². The lowest BCUT2D eigenvalue weighted by Crippen LogP contribution is -1.96. The quantitative estimate of drug-likeness (QED) is 0.739. The van der Waals surface area contributed by atoms with Crippen LogP contribution in [0.1, 0.15) is 15.9 Å². The van der Waals surface area contributed by atoms with Gasteiger partial charge < -0.3 is 5.11 Å². The van der Waals surface area contributed by atoms with Crippen LogP contribution in [0.5, 0.6) is 0 Å². The molecule has 94 valence electrons. The normalized spacial score (nSPS) is 10.8. The molecule has 0 bridgehead atoms. The van der Waals surface area contributed by atoms with E-state index in [2.05, 4.69) is 0 Å². The highest BCUT2D eigenvalue weighted by Crippen LogP contribution is 2.38. The van der Waals surface area contributed by atoms with Crippen molar-refractivity contribution in [3.63, 3.8) is 0 Å². The van der Waals surface area contributed by atoms with E-state index in [4.69, 9.17) is 0 Å². The van der Waals surface area contributed by atoms with Crippen LogP contribution in [-0.4, -0.2) is 11.1 Å². The van der Waals surface area contributed by atoms with Crippen molar-refractivity contribution in [2.45, 2.75) is 6.92 Å². The number of benzene rings is 2. The third-order valence-electron chi connectivity index (χ3n) is 3.12. The second-order valence-corrected chi connectivity index (χ2v) is 5.53. The van der Waals surface area contributed by atoms with E-state index in [-0.39, 0.29) is 0 Å². The first kappa shape index (κ1) is 11.9. The van der Waals surface area contributed by atoms with Crippen molar-refractivity contribution in [3.8, 4) is 10.4 Å². The van der Waals surface area contributed by atoms with Gasteiger partial charge in [-0.2, -0.15) is 0 Å². The van der Waals surface area contributed by atoms with Crippen LogP contribution in [0, 0.1) is 6.92 Å². The topological polar surface area (TPSA) is 37.3 Å². The maximum Gasteiger partial charge on any atom is 0.337 e. The van der Waals surface area contributed by atoms with Gasteiger partial charge in [0.1, 0.15) is 0 Å². The molecule has 0 radical (unpaired) electrons. The first-order valence-electron chi connectivity index (χ1n) is 5.98. The molecule has 0 saturated carbocycles. The lowest BCUT2D eigenvalue weighted by molar-refractivity contribution is 0.0700. The summed E-state index contributed by atoms with van der Waals surface area (Å²) < 4.78 is 1.01. The third-order valence-corrected chi connectivity index (χ3v) is 4.34.